The molecule has 6 nitrogen and oxygen atoms in total. The molecule has 0 heterocycles. The number of nitrogens with one attached hydrogen (secondary N) is 1. The van der Waals surface area contributed by atoms with Gasteiger partial charge in [0.25, 0.3) is 10.0 Å². The maximum absolute atomic E-state index is 13.5. The Morgan fingerprint density at radius 2 is 1.51 bits per heavy atom. The number of hydrogen-bond acceptors (Lipinski definition) is 5. The van der Waals surface area contributed by atoms with Crippen molar-refractivity contribution in [2.75, 3.05) is 29.8 Å². The molecule has 1 amide bonds. The summed E-state index contributed by atoms with van der Waals surface area (Å²) in [5.41, 5.74) is 3.82. The number of sulfonamides is 1. The first-order valence-electron chi connectivity index (χ1n) is 11.5. The van der Waals surface area contributed by atoms with E-state index in [2.05, 4.69) is 36.5 Å². The second-order valence-electron chi connectivity index (χ2n) is 8.14. The lowest BCUT2D eigenvalue weighted by atomic mass is 10.2. The summed E-state index contributed by atoms with van der Waals surface area (Å²) >= 11 is 1.72. The van der Waals surface area contributed by atoms with Gasteiger partial charge in [-0.15, -0.1) is 0 Å². The lowest BCUT2D eigenvalue weighted by Gasteiger charge is -2.24. The van der Waals surface area contributed by atoms with E-state index in [1.54, 1.807) is 60.3 Å². The highest BCUT2D eigenvalue weighted by atomic mass is 32.2. The Labute approximate surface area is 212 Å². The van der Waals surface area contributed by atoms with Crippen LogP contribution in [0.3, 0.4) is 0 Å². The predicted octanol–water partition coefficient (Wildman–Crippen LogP) is 4.95. The number of amides is 1. The largest absolute Gasteiger partial charge is 0.494 e. The van der Waals surface area contributed by atoms with Crippen molar-refractivity contribution in [3.05, 3.63) is 89.5 Å². The molecule has 1 N–H and O–H groups in total. The van der Waals surface area contributed by atoms with E-state index < -0.39 is 10.0 Å². The van der Waals surface area contributed by atoms with Crippen LogP contribution in [0.4, 0.5) is 5.69 Å². The molecule has 3 aromatic rings. The fourth-order valence-corrected chi connectivity index (χ4v) is 5.59. The van der Waals surface area contributed by atoms with Crippen molar-refractivity contribution in [2.45, 2.75) is 31.4 Å². The second kappa shape index (κ2) is 12.7. The molecule has 35 heavy (non-hydrogen) atoms. The number of carbonyl (C=O) groups excluding carboxylic acids is 1. The molecule has 0 bridgehead atoms. The van der Waals surface area contributed by atoms with Gasteiger partial charge in [0.05, 0.1) is 17.2 Å². The molecule has 3 aromatic carbocycles. The summed E-state index contributed by atoms with van der Waals surface area (Å²) in [5, 5.41) is 2.85. The van der Waals surface area contributed by atoms with Gasteiger partial charge in [-0.3, -0.25) is 9.10 Å². The monoisotopic (exact) mass is 512 g/mol. The molecule has 3 rings (SSSR count). The van der Waals surface area contributed by atoms with Crippen LogP contribution in [0.15, 0.2) is 77.7 Å². The molecule has 0 saturated carbocycles. The summed E-state index contributed by atoms with van der Waals surface area (Å²) < 4.78 is 33.5. The average molecular weight is 513 g/mol. The highest BCUT2D eigenvalue weighted by Crippen LogP contribution is 2.26. The lowest BCUT2D eigenvalue weighted by molar-refractivity contribution is -0.119. The first-order valence-corrected chi connectivity index (χ1v) is 14.1. The lowest BCUT2D eigenvalue weighted by Crippen LogP contribution is -2.41. The van der Waals surface area contributed by atoms with Gasteiger partial charge in [0.1, 0.15) is 12.3 Å². The van der Waals surface area contributed by atoms with Crippen LogP contribution in [-0.2, 0) is 20.6 Å². The summed E-state index contributed by atoms with van der Waals surface area (Å²) in [5.74, 6) is 1.87. The third-order valence-electron chi connectivity index (χ3n) is 5.29. The van der Waals surface area contributed by atoms with Crippen molar-refractivity contribution in [1.29, 1.82) is 0 Å². The smallest absolute Gasteiger partial charge is 0.264 e. The summed E-state index contributed by atoms with van der Waals surface area (Å²) in [6.07, 6.45) is 0. The third kappa shape index (κ3) is 7.77. The number of anilines is 1. The van der Waals surface area contributed by atoms with Crippen LogP contribution >= 0.6 is 11.8 Å². The number of carbonyl (C=O) groups is 1. The number of hydrogen-bond donors (Lipinski definition) is 1. The Hall–Kier alpha value is -2.97. The molecule has 0 spiro atoms. The third-order valence-corrected chi connectivity index (χ3v) is 8.11. The molecule has 186 valence electrons. The Bertz CT molecular complexity index is 1190. The zero-order valence-electron chi connectivity index (χ0n) is 20.4. The summed E-state index contributed by atoms with van der Waals surface area (Å²) in [7, 11) is -3.94. The summed E-state index contributed by atoms with van der Waals surface area (Å²) in [4.78, 5) is 12.9. The standard InChI is InChI=1S/C27H32N2O4S2/c1-4-33-25-13-11-24(12-14-25)29(35(31,32)26-15-7-22(3)8-16-26)19-27(30)28-17-18-34-20-23-9-5-21(2)6-10-23/h5-16H,4,17-20H2,1-3H3,(H,28,30). The maximum Gasteiger partial charge on any atom is 0.264 e. The molecule has 0 aliphatic rings. The van der Waals surface area contributed by atoms with E-state index in [-0.39, 0.29) is 17.3 Å². The van der Waals surface area contributed by atoms with Crippen molar-refractivity contribution < 1.29 is 17.9 Å². The second-order valence-corrected chi connectivity index (χ2v) is 11.1. The molecule has 0 aliphatic heterocycles. The highest BCUT2D eigenvalue weighted by molar-refractivity contribution is 7.98. The van der Waals surface area contributed by atoms with E-state index in [1.165, 1.54) is 11.1 Å². The van der Waals surface area contributed by atoms with Crippen molar-refractivity contribution in [2.24, 2.45) is 0 Å². The molecule has 8 heteroatoms. The fraction of sp³-hybridized carbons (Fsp3) is 0.296. The first kappa shape index (κ1) is 26.6. The zero-order valence-corrected chi connectivity index (χ0v) is 22.0. The van der Waals surface area contributed by atoms with Gasteiger partial charge in [-0.1, -0.05) is 47.5 Å². The van der Waals surface area contributed by atoms with Gasteiger partial charge in [0, 0.05) is 18.1 Å². The van der Waals surface area contributed by atoms with Gasteiger partial charge >= 0.3 is 0 Å². The van der Waals surface area contributed by atoms with Crippen LogP contribution in [0.5, 0.6) is 5.75 Å². The van der Waals surface area contributed by atoms with Gasteiger partial charge in [0.2, 0.25) is 5.91 Å². The Kier molecular flexibility index (Phi) is 9.63. The topological polar surface area (TPSA) is 75.7 Å². The Balaban J connectivity index is 1.66. The quantitative estimate of drug-likeness (QED) is 0.348. The van der Waals surface area contributed by atoms with Crippen LogP contribution in [0.1, 0.15) is 23.6 Å². The van der Waals surface area contributed by atoms with Crippen molar-refractivity contribution >= 4 is 33.4 Å². The molecule has 0 radical (unpaired) electrons. The van der Waals surface area contributed by atoms with Gasteiger partial charge in [0.15, 0.2) is 0 Å². The van der Waals surface area contributed by atoms with E-state index in [9.17, 15) is 13.2 Å². The number of rotatable bonds is 12. The molecular weight excluding hydrogens is 480 g/mol. The normalized spacial score (nSPS) is 11.2. The van der Waals surface area contributed by atoms with Crippen LogP contribution in [0, 0.1) is 13.8 Å². The Morgan fingerprint density at radius 1 is 0.914 bits per heavy atom. The van der Waals surface area contributed by atoms with E-state index in [4.69, 9.17) is 4.74 Å². The molecule has 0 aromatic heterocycles. The van der Waals surface area contributed by atoms with Crippen LogP contribution in [-0.4, -0.2) is 39.8 Å². The number of benzene rings is 3. The summed E-state index contributed by atoms with van der Waals surface area (Å²) in [6.45, 7) is 6.48. The number of ether oxygens (including phenoxy) is 1. The minimum atomic E-state index is -3.94. The van der Waals surface area contributed by atoms with Crippen LogP contribution in [0.25, 0.3) is 0 Å². The molecule has 0 aliphatic carbocycles. The number of nitrogens with zero attached hydrogens (tertiary/aromatic N) is 1. The highest BCUT2D eigenvalue weighted by Gasteiger charge is 2.27. The minimum absolute atomic E-state index is 0.137. The van der Waals surface area contributed by atoms with Crippen LogP contribution < -0.4 is 14.4 Å². The molecule has 0 unspecified atom stereocenters. The number of thioether (sulfide) groups is 1. The molecule has 0 fully saturated rings. The maximum atomic E-state index is 13.5. The van der Waals surface area contributed by atoms with E-state index in [1.807, 2.05) is 13.8 Å². The van der Waals surface area contributed by atoms with E-state index >= 15 is 0 Å². The SMILES string of the molecule is CCOc1ccc(N(CC(=O)NCCSCc2ccc(C)cc2)S(=O)(=O)c2ccc(C)cc2)cc1. The Morgan fingerprint density at radius 3 is 2.11 bits per heavy atom. The first-order chi connectivity index (χ1) is 16.8. The van der Waals surface area contributed by atoms with Gasteiger partial charge in [-0.2, -0.15) is 11.8 Å². The van der Waals surface area contributed by atoms with E-state index in [0.717, 1.165) is 21.4 Å². The molecule has 0 atom stereocenters. The van der Waals surface area contributed by atoms with Crippen LogP contribution in [0.2, 0.25) is 0 Å². The van der Waals surface area contributed by atoms with Crippen molar-refractivity contribution in [1.82, 2.24) is 5.32 Å². The average Bonchev–Trinajstić information content (AvgIpc) is 2.84. The summed E-state index contributed by atoms with van der Waals surface area (Å²) in [6, 6.07) is 21.7. The zero-order chi connectivity index (χ0) is 25.3. The number of aryl methyl sites for hydroxylation is 2. The van der Waals surface area contributed by atoms with Gasteiger partial charge in [-0.05, 0) is 62.7 Å². The van der Waals surface area contributed by atoms with E-state index in [0.29, 0.717) is 24.6 Å². The predicted molar refractivity (Wildman–Crippen MR) is 144 cm³/mol. The van der Waals surface area contributed by atoms with Crippen molar-refractivity contribution in [3.63, 3.8) is 0 Å². The molecular formula is C27H32N2O4S2. The van der Waals surface area contributed by atoms with Gasteiger partial charge < -0.3 is 10.1 Å². The van der Waals surface area contributed by atoms with Gasteiger partial charge in [-0.25, -0.2) is 8.42 Å². The van der Waals surface area contributed by atoms with Crippen molar-refractivity contribution in [3.8, 4) is 5.75 Å². The minimum Gasteiger partial charge on any atom is -0.494 e. The molecule has 0 saturated heterocycles. The fourth-order valence-electron chi connectivity index (χ4n) is 3.35.